The zero-order valence-corrected chi connectivity index (χ0v) is 15.1. The number of rotatable bonds is 5. The second-order valence-corrected chi connectivity index (χ2v) is 6.69. The quantitative estimate of drug-likeness (QED) is 0.788. The molecule has 0 bridgehead atoms. The van der Waals surface area contributed by atoms with E-state index in [1.807, 2.05) is 24.3 Å². The van der Waals surface area contributed by atoms with Crippen molar-refractivity contribution in [3.63, 3.8) is 0 Å². The van der Waals surface area contributed by atoms with Crippen molar-refractivity contribution in [3.05, 3.63) is 59.7 Å². The van der Waals surface area contributed by atoms with Gasteiger partial charge in [0.2, 0.25) is 0 Å². The van der Waals surface area contributed by atoms with Gasteiger partial charge in [0.15, 0.2) is 6.23 Å². The van der Waals surface area contributed by atoms with E-state index in [1.54, 1.807) is 12.1 Å². The summed E-state index contributed by atoms with van der Waals surface area (Å²) in [6.45, 7) is 0.631. The standard InChI is InChI=1S/C20H23F3N2O2/c1-26-18-10-3-2-6-14(18)12-15-7-5-11-25(24)19(15)27-17-9-4-8-16(13-17)20(21,22)23/h2-4,6,8-10,13,15,19H,5,7,11-12,24H2,1H3. The molecule has 2 aromatic rings. The lowest BCUT2D eigenvalue weighted by molar-refractivity contribution is -0.137. The van der Waals surface area contributed by atoms with Crippen LogP contribution in [0.1, 0.15) is 24.0 Å². The van der Waals surface area contributed by atoms with Gasteiger partial charge >= 0.3 is 6.18 Å². The van der Waals surface area contributed by atoms with Gasteiger partial charge in [-0.25, -0.2) is 5.01 Å². The second-order valence-electron chi connectivity index (χ2n) is 6.69. The van der Waals surface area contributed by atoms with E-state index < -0.39 is 18.0 Å². The van der Waals surface area contributed by atoms with Crippen LogP contribution in [0.2, 0.25) is 0 Å². The number of hydrogen-bond donors (Lipinski definition) is 1. The van der Waals surface area contributed by atoms with Crippen LogP contribution >= 0.6 is 0 Å². The summed E-state index contributed by atoms with van der Waals surface area (Å²) in [4.78, 5) is 0. The van der Waals surface area contributed by atoms with Crippen molar-refractivity contribution >= 4 is 0 Å². The van der Waals surface area contributed by atoms with E-state index in [2.05, 4.69) is 0 Å². The molecule has 0 aromatic heterocycles. The summed E-state index contributed by atoms with van der Waals surface area (Å²) < 4.78 is 50.2. The van der Waals surface area contributed by atoms with Crippen LogP contribution in [0.4, 0.5) is 13.2 Å². The summed E-state index contributed by atoms with van der Waals surface area (Å²) in [7, 11) is 1.62. The first-order valence-corrected chi connectivity index (χ1v) is 8.85. The first kappa shape index (κ1) is 19.5. The topological polar surface area (TPSA) is 47.7 Å². The average molecular weight is 380 g/mol. The van der Waals surface area contributed by atoms with Crippen molar-refractivity contribution in [1.82, 2.24) is 5.01 Å². The predicted octanol–water partition coefficient (Wildman–Crippen LogP) is 4.25. The van der Waals surface area contributed by atoms with Gasteiger partial charge in [-0.1, -0.05) is 24.3 Å². The highest BCUT2D eigenvalue weighted by Gasteiger charge is 2.34. The Bertz CT molecular complexity index is 767. The molecule has 0 spiro atoms. The van der Waals surface area contributed by atoms with Crippen molar-refractivity contribution in [2.45, 2.75) is 31.7 Å². The number of benzene rings is 2. The van der Waals surface area contributed by atoms with Gasteiger partial charge in [0.1, 0.15) is 11.5 Å². The molecule has 4 nitrogen and oxygen atoms in total. The molecule has 2 unspecified atom stereocenters. The number of methoxy groups -OCH3 is 1. The SMILES string of the molecule is COc1ccccc1CC1CCCN(N)C1Oc1cccc(C(F)(F)F)c1. The molecule has 0 aliphatic carbocycles. The maximum absolute atomic E-state index is 13.0. The first-order valence-electron chi connectivity index (χ1n) is 8.85. The number of ether oxygens (including phenoxy) is 2. The van der Waals surface area contributed by atoms with Crippen LogP contribution in [0.3, 0.4) is 0 Å². The van der Waals surface area contributed by atoms with E-state index >= 15 is 0 Å². The van der Waals surface area contributed by atoms with Crippen LogP contribution in [0, 0.1) is 5.92 Å². The molecule has 2 aromatic carbocycles. The molecule has 1 aliphatic heterocycles. The minimum absolute atomic E-state index is 0.0367. The van der Waals surface area contributed by atoms with Gasteiger partial charge in [-0.15, -0.1) is 0 Å². The number of nitrogens with zero attached hydrogens (tertiary/aromatic N) is 1. The molecule has 1 heterocycles. The maximum atomic E-state index is 13.0. The minimum atomic E-state index is -4.41. The van der Waals surface area contributed by atoms with Gasteiger partial charge in [-0.05, 0) is 49.1 Å². The normalized spacial score (nSPS) is 21.1. The fraction of sp³-hybridized carbons (Fsp3) is 0.400. The average Bonchev–Trinajstić information content (AvgIpc) is 2.64. The summed E-state index contributed by atoms with van der Waals surface area (Å²) in [5.41, 5.74) is 0.290. The van der Waals surface area contributed by atoms with Crippen LogP contribution in [0.25, 0.3) is 0 Å². The lowest BCUT2D eigenvalue weighted by Crippen LogP contribution is -2.53. The molecular formula is C20H23F3N2O2. The molecule has 0 radical (unpaired) electrons. The Hall–Kier alpha value is -2.25. The maximum Gasteiger partial charge on any atom is 0.416 e. The van der Waals surface area contributed by atoms with Crippen molar-refractivity contribution in [2.24, 2.45) is 11.8 Å². The lowest BCUT2D eigenvalue weighted by atomic mass is 9.89. The summed E-state index contributed by atoms with van der Waals surface area (Å²) in [6, 6.07) is 12.6. The number of piperidine rings is 1. The number of para-hydroxylation sites is 1. The van der Waals surface area contributed by atoms with Gasteiger partial charge in [0.25, 0.3) is 0 Å². The Morgan fingerprint density at radius 1 is 1.15 bits per heavy atom. The zero-order valence-electron chi connectivity index (χ0n) is 15.1. The van der Waals surface area contributed by atoms with Crippen LogP contribution in [0.5, 0.6) is 11.5 Å². The van der Waals surface area contributed by atoms with Crippen LogP contribution in [-0.2, 0) is 12.6 Å². The number of nitrogens with two attached hydrogens (primary N) is 1. The Kier molecular flexibility index (Phi) is 5.92. The molecule has 7 heteroatoms. The summed E-state index contributed by atoms with van der Waals surface area (Å²) in [5, 5.41) is 1.57. The fourth-order valence-electron chi connectivity index (χ4n) is 3.48. The highest BCUT2D eigenvalue weighted by molar-refractivity contribution is 5.34. The highest BCUT2D eigenvalue weighted by Crippen LogP contribution is 2.34. The lowest BCUT2D eigenvalue weighted by Gasteiger charge is -2.38. The summed E-state index contributed by atoms with van der Waals surface area (Å²) >= 11 is 0. The van der Waals surface area contributed by atoms with Crippen LogP contribution in [0.15, 0.2) is 48.5 Å². The third-order valence-electron chi connectivity index (χ3n) is 4.81. The molecule has 1 aliphatic rings. The van der Waals surface area contributed by atoms with Gasteiger partial charge < -0.3 is 9.47 Å². The van der Waals surface area contributed by atoms with Gasteiger partial charge in [-0.2, -0.15) is 13.2 Å². The van der Waals surface area contributed by atoms with Crippen molar-refractivity contribution in [2.75, 3.05) is 13.7 Å². The summed E-state index contributed by atoms with van der Waals surface area (Å²) in [5.74, 6) is 7.10. The Balaban J connectivity index is 1.81. The Morgan fingerprint density at radius 2 is 1.93 bits per heavy atom. The highest BCUT2D eigenvalue weighted by atomic mass is 19.4. The van der Waals surface area contributed by atoms with E-state index in [1.165, 1.54) is 12.1 Å². The summed E-state index contributed by atoms with van der Waals surface area (Å²) in [6.07, 6.45) is -2.48. The van der Waals surface area contributed by atoms with E-state index in [0.29, 0.717) is 13.0 Å². The van der Waals surface area contributed by atoms with Gasteiger partial charge in [0, 0.05) is 12.5 Å². The molecule has 2 N–H and O–H groups in total. The van der Waals surface area contributed by atoms with Gasteiger partial charge in [0.05, 0.1) is 12.7 Å². The third kappa shape index (κ3) is 4.73. The van der Waals surface area contributed by atoms with Crippen LogP contribution in [-0.4, -0.2) is 24.9 Å². The Labute approximate surface area is 156 Å². The first-order chi connectivity index (χ1) is 12.9. The molecular weight excluding hydrogens is 357 g/mol. The molecule has 1 fully saturated rings. The monoisotopic (exact) mass is 380 g/mol. The third-order valence-corrected chi connectivity index (χ3v) is 4.81. The Morgan fingerprint density at radius 3 is 2.67 bits per heavy atom. The molecule has 0 amide bonds. The van der Waals surface area contributed by atoms with Crippen LogP contribution < -0.4 is 15.3 Å². The number of halogens is 3. The number of hydrogen-bond acceptors (Lipinski definition) is 4. The number of alkyl halides is 3. The van der Waals surface area contributed by atoms with E-state index in [0.717, 1.165) is 36.3 Å². The molecule has 3 rings (SSSR count). The van der Waals surface area contributed by atoms with Crippen molar-refractivity contribution in [1.29, 1.82) is 0 Å². The van der Waals surface area contributed by atoms with E-state index in [-0.39, 0.29) is 11.7 Å². The largest absolute Gasteiger partial charge is 0.496 e. The molecule has 0 saturated carbocycles. The van der Waals surface area contributed by atoms with E-state index in [9.17, 15) is 13.2 Å². The second kappa shape index (κ2) is 8.19. The number of hydrazine groups is 1. The molecule has 146 valence electrons. The molecule has 27 heavy (non-hydrogen) atoms. The minimum Gasteiger partial charge on any atom is -0.496 e. The zero-order chi connectivity index (χ0) is 19.4. The molecule has 2 atom stereocenters. The van der Waals surface area contributed by atoms with Crippen molar-refractivity contribution in [3.8, 4) is 11.5 Å². The van der Waals surface area contributed by atoms with Crippen molar-refractivity contribution < 1.29 is 22.6 Å². The fourth-order valence-corrected chi connectivity index (χ4v) is 3.48. The smallest absolute Gasteiger partial charge is 0.416 e. The van der Waals surface area contributed by atoms with Gasteiger partial charge in [-0.3, -0.25) is 5.84 Å². The van der Waals surface area contributed by atoms with E-state index in [4.69, 9.17) is 15.3 Å². The predicted molar refractivity (Wildman–Crippen MR) is 96.2 cm³/mol. The molecule has 1 saturated heterocycles.